The van der Waals surface area contributed by atoms with Crippen molar-refractivity contribution in [3.63, 3.8) is 0 Å². The van der Waals surface area contributed by atoms with Crippen LogP contribution in [0.1, 0.15) is 27.5 Å². The van der Waals surface area contributed by atoms with Crippen molar-refractivity contribution in [2.75, 3.05) is 27.7 Å². The Morgan fingerprint density at radius 1 is 1.17 bits per heavy atom. The van der Waals surface area contributed by atoms with E-state index in [2.05, 4.69) is 31.5 Å². The molecule has 2 rings (SSSR count). The van der Waals surface area contributed by atoms with Crippen molar-refractivity contribution in [3.8, 4) is 5.75 Å². The second kappa shape index (κ2) is 7.79. The fourth-order valence-corrected chi connectivity index (χ4v) is 2.57. The van der Waals surface area contributed by atoms with Gasteiger partial charge in [0.2, 0.25) is 0 Å². The molecule has 2 aromatic carbocycles. The number of methoxy groups -OCH3 is 1. The van der Waals surface area contributed by atoms with E-state index < -0.39 is 0 Å². The second-order valence-corrected chi connectivity index (χ2v) is 5.98. The quantitative estimate of drug-likeness (QED) is 0.851. The van der Waals surface area contributed by atoms with Crippen molar-refractivity contribution in [3.05, 3.63) is 65.2 Å². The highest BCUT2D eigenvalue weighted by atomic mass is 16.5. The Bertz CT molecular complexity index is 651. The predicted octanol–water partition coefficient (Wildman–Crippen LogP) is 1.62. The lowest BCUT2D eigenvalue weighted by molar-refractivity contribution is -0.890. The van der Waals surface area contributed by atoms with E-state index in [0.717, 1.165) is 11.3 Å². The molecule has 2 aromatic rings. The normalized spacial score (nSPS) is 12.0. The first-order valence-corrected chi connectivity index (χ1v) is 7.80. The third kappa shape index (κ3) is 4.57. The summed E-state index contributed by atoms with van der Waals surface area (Å²) < 4.78 is 5.20. The third-order valence-electron chi connectivity index (χ3n) is 3.96. The lowest BCUT2D eigenvalue weighted by Crippen LogP contribution is -3.07. The number of amides is 1. The molecule has 0 radical (unpaired) electrons. The van der Waals surface area contributed by atoms with Gasteiger partial charge in [0, 0.05) is 11.1 Å². The molecular weight excluding hydrogens is 288 g/mol. The van der Waals surface area contributed by atoms with E-state index in [-0.39, 0.29) is 11.9 Å². The number of carbonyl (C=O) groups is 1. The third-order valence-corrected chi connectivity index (χ3v) is 3.96. The maximum atomic E-state index is 12.3. The van der Waals surface area contributed by atoms with Crippen LogP contribution in [0.4, 0.5) is 0 Å². The molecule has 122 valence electrons. The summed E-state index contributed by atoms with van der Waals surface area (Å²) in [6, 6.07) is 15.8. The van der Waals surface area contributed by atoms with Gasteiger partial charge >= 0.3 is 0 Å². The van der Waals surface area contributed by atoms with Gasteiger partial charge in [-0.05, 0) is 43.3 Å². The summed E-state index contributed by atoms with van der Waals surface area (Å²) in [5, 5.41) is 3.04. The summed E-state index contributed by atoms with van der Waals surface area (Å²) >= 11 is 0. The molecule has 0 saturated carbocycles. The first-order valence-electron chi connectivity index (χ1n) is 7.80. The highest BCUT2D eigenvalue weighted by molar-refractivity contribution is 5.94. The van der Waals surface area contributed by atoms with Crippen LogP contribution in [-0.2, 0) is 0 Å². The Morgan fingerprint density at radius 3 is 2.43 bits per heavy atom. The predicted molar refractivity (Wildman–Crippen MR) is 92.1 cm³/mol. The number of likely N-dealkylation sites (N-methyl/N-ethyl adjacent to an activating group) is 1. The van der Waals surface area contributed by atoms with Crippen LogP contribution < -0.4 is 15.0 Å². The fraction of sp³-hybridized carbons (Fsp3) is 0.316. The average molecular weight is 313 g/mol. The fourth-order valence-electron chi connectivity index (χ4n) is 2.57. The van der Waals surface area contributed by atoms with Gasteiger partial charge in [0.15, 0.2) is 0 Å². The molecule has 0 aromatic heterocycles. The number of hydrogen-bond donors (Lipinski definition) is 2. The molecule has 0 aliphatic heterocycles. The Kier molecular flexibility index (Phi) is 5.77. The first kappa shape index (κ1) is 17.0. The summed E-state index contributed by atoms with van der Waals surface area (Å²) in [5.74, 6) is 0.804. The minimum atomic E-state index is -0.0338. The Hall–Kier alpha value is -2.33. The lowest BCUT2D eigenvalue weighted by Gasteiger charge is -2.22. The number of ether oxygens (including phenoxy) is 1. The van der Waals surface area contributed by atoms with Gasteiger partial charge in [-0.1, -0.05) is 17.7 Å². The molecule has 4 heteroatoms. The maximum Gasteiger partial charge on any atom is 0.251 e. The van der Waals surface area contributed by atoms with Crippen LogP contribution in [0.15, 0.2) is 48.5 Å². The van der Waals surface area contributed by atoms with E-state index in [1.807, 2.05) is 43.3 Å². The topological polar surface area (TPSA) is 42.8 Å². The van der Waals surface area contributed by atoms with Crippen LogP contribution in [0.25, 0.3) is 0 Å². The second-order valence-electron chi connectivity index (χ2n) is 5.98. The van der Waals surface area contributed by atoms with Crippen molar-refractivity contribution in [1.29, 1.82) is 0 Å². The molecule has 23 heavy (non-hydrogen) atoms. The zero-order valence-corrected chi connectivity index (χ0v) is 14.2. The van der Waals surface area contributed by atoms with Crippen molar-refractivity contribution < 1.29 is 14.4 Å². The van der Waals surface area contributed by atoms with Crippen molar-refractivity contribution >= 4 is 5.91 Å². The largest absolute Gasteiger partial charge is 0.497 e. The molecule has 0 aliphatic rings. The number of quaternary nitrogens is 1. The number of rotatable bonds is 6. The molecule has 0 fully saturated rings. The number of hydrogen-bond acceptors (Lipinski definition) is 2. The van der Waals surface area contributed by atoms with E-state index in [4.69, 9.17) is 4.74 Å². The molecule has 0 spiro atoms. The van der Waals surface area contributed by atoms with Crippen LogP contribution in [0, 0.1) is 6.92 Å². The van der Waals surface area contributed by atoms with Gasteiger partial charge in [0.1, 0.15) is 11.8 Å². The summed E-state index contributed by atoms with van der Waals surface area (Å²) in [7, 11) is 5.84. The zero-order valence-electron chi connectivity index (χ0n) is 14.2. The van der Waals surface area contributed by atoms with E-state index in [1.165, 1.54) is 10.5 Å². The minimum absolute atomic E-state index is 0.0338. The molecule has 1 amide bonds. The number of carbonyl (C=O) groups excluding carboxylic acids is 1. The van der Waals surface area contributed by atoms with E-state index in [0.29, 0.717) is 12.1 Å². The summed E-state index contributed by atoms with van der Waals surface area (Å²) in [6.07, 6.45) is 0. The smallest absolute Gasteiger partial charge is 0.251 e. The molecule has 0 bridgehead atoms. The van der Waals surface area contributed by atoms with Gasteiger partial charge in [0.25, 0.3) is 5.91 Å². The van der Waals surface area contributed by atoms with Gasteiger partial charge in [-0.15, -0.1) is 0 Å². The van der Waals surface area contributed by atoms with Gasteiger partial charge in [-0.25, -0.2) is 0 Å². The van der Waals surface area contributed by atoms with Crippen LogP contribution in [0.3, 0.4) is 0 Å². The molecule has 0 unspecified atom stereocenters. The number of nitrogens with one attached hydrogen (secondary N) is 2. The molecule has 0 aliphatic carbocycles. The van der Waals surface area contributed by atoms with Gasteiger partial charge < -0.3 is 15.0 Å². The summed E-state index contributed by atoms with van der Waals surface area (Å²) in [6.45, 7) is 2.57. The lowest BCUT2D eigenvalue weighted by atomic mass is 10.1. The Morgan fingerprint density at radius 2 is 1.87 bits per heavy atom. The van der Waals surface area contributed by atoms with Crippen molar-refractivity contribution in [2.24, 2.45) is 0 Å². The maximum absolute atomic E-state index is 12.3. The van der Waals surface area contributed by atoms with Gasteiger partial charge in [0.05, 0.1) is 27.7 Å². The standard InChI is InChI=1S/C19H24N2O2/c1-14-6-5-7-16(12-14)19(22)20-13-18(21(2)3)15-8-10-17(23-4)11-9-15/h5-12,18H,13H2,1-4H3,(H,20,22)/p+1/t18-/m1/s1. The summed E-state index contributed by atoms with van der Waals surface area (Å²) in [5.41, 5.74) is 2.96. The molecule has 2 N–H and O–H groups in total. The van der Waals surface area contributed by atoms with Crippen molar-refractivity contribution in [1.82, 2.24) is 5.32 Å². The van der Waals surface area contributed by atoms with Crippen LogP contribution in [-0.4, -0.2) is 33.7 Å². The monoisotopic (exact) mass is 313 g/mol. The van der Waals surface area contributed by atoms with Gasteiger partial charge in [-0.3, -0.25) is 4.79 Å². The molecule has 0 saturated heterocycles. The number of aryl methyl sites for hydroxylation is 1. The Labute approximate surface area is 138 Å². The van der Waals surface area contributed by atoms with Crippen molar-refractivity contribution in [2.45, 2.75) is 13.0 Å². The average Bonchev–Trinajstić information content (AvgIpc) is 2.55. The SMILES string of the molecule is COc1ccc([C@@H](CNC(=O)c2cccc(C)c2)[NH+](C)C)cc1. The van der Waals surface area contributed by atoms with Crippen LogP contribution >= 0.6 is 0 Å². The van der Waals surface area contributed by atoms with E-state index in [1.54, 1.807) is 7.11 Å². The first-order chi connectivity index (χ1) is 11.0. The van der Waals surface area contributed by atoms with Gasteiger partial charge in [-0.2, -0.15) is 0 Å². The van der Waals surface area contributed by atoms with E-state index in [9.17, 15) is 4.79 Å². The minimum Gasteiger partial charge on any atom is -0.497 e. The number of benzene rings is 2. The zero-order chi connectivity index (χ0) is 16.8. The molecular formula is C19H25N2O2+. The Balaban J connectivity index is 2.06. The molecule has 1 atom stereocenters. The summed E-state index contributed by atoms with van der Waals surface area (Å²) in [4.78, 5) is 13.6. The highest BCUT2D eigenvalue weighted by Gasteiger charge is 2.19. The highest BCUT2D eigenvalue weighted by Crippen LogP contribution is 2.15. The van der Waals surface area contributed by atoms with Crippen LogP contribution in [0.2, 0.25) is 0 Å². The molecule has 4 nitrogen and oxygen atoms in total. The van der Waals surface area contributed by atoms with E-state index >= 15 is 0 Å². The van der Waals surface area contributed by atoms with Crippen LogP contribution in [0.5, 0.6) is 5.75 Å². The molecule has 0 heterocycles.